The SMILES string of the molecule is CC[CH]c1c(CCCC)cccc1CCCC. The van der Waals surface area contributed by atoms with Crippen molar-refractivity contribution in [3.05, 3.63) is 41.3 Å². The summed E-state index contributed by atoms with van der Waals surface area (Å²) in [6.07, 6.45) is 11.2. The second kappa shape index (κ2) is 8.33. The molecule has 0 aliphatic heterocycles. The monoisotopic (exact) mass is 231 g/mol. The first-order valence-electron chi connectivity index (χ1n) is 7.27. The normalized spacial score (nSPS) is 10.8. The predicted molar refractivity (Wildman–Crippen MR) is 77.4 cm³/mol. The molecule has 1 radical (unpaired) electrons. The predicted octanol–water partition coefficient (Wildman–Crippen LogP) is 5.33. The minimum atomic E-state index is 1.14. The lowest BCUT2D eigenvalue weighted by atomic mass is 9.92. The Morgan fingerprint density at radius 3 is 1.82 bits per heavy atom. The van der Waals surface area contributed by atoms with E-state index in [4.69, 9.17) is 0 Å². The van der Waals surface area contributed by atoms with E-state index in [2.05, 4.69) is 45.4 Å². The van der Waals surface area contributed by atoms with Crippen LogP contribution in [0.2, 0.25) is 0 Å². The molecule has 0 aliphatic rings. The van der Waals surface area contributed by atoms with E-state index in [0.717, 1.165) is 6.42 Å². The van der Waals surface area contributed by atoms with Crippen molar-refractivity contribution in [2.45, 2.75) is 65.7 Å². The first-order chi connectivity index (χ1) is 8.33. The molecule has 0 heterocycles. The fourth-order valence-electron chi connectivity index (χ4n) is 2.30. The number of aryl methyl sites for hydroxylation is 2. The van der Waals surface area contributed by atoms with Crippen LogP contribution in [0, 0.1) is 6.42 Å². The summed E-state index contributed by atoms with van der Waals surface area (Å²) in [6.45, 7) is 6.77. The van der Waals surface area contributed by atoms with Gasteiger partial charge in [-0.3, -0.25) is 0 Å². The standard InChI is InChI=1S/C17H27/c1-4-7-11-15-13-9-14-16(12-8-5-2)17(15)10-6-3/h9-10,13-14H,4-8,11-12H2,1-3H3. The molecule has 1 rings (SSSR count). The van der Waals surface area contributed by atoms with Gasteiger partial charge in [0.2, 0.25) is 0 Å². The molecule has 0 nitrogen and oxygen atoms in total. The molecule has 0 bridgehead atoms. The Balaban J connectivity index is 2.86. The first kappa shape index (κ1) is 14.3. The molecule has 0 saturated heterocycles. The molecule has 0 amide bonds. The van der Waals surface area contributed by atoms with Crippen molar-refractivity contribution in [3.8, 4) is 0 Å². The van der Waals surface area contributed by atoms with Crippen LogP contribution in [-0.2, 0) is 12.8 Å². The average Bonchev–Trinajstić information content (AvgIpc) is 2.36. The third kappa shape index (κ3) is 4.53. The van der Waals surface area contributed by atoms with Crippen LogP contribution in [0.25, 0.3) is 0 Å². The van der Waals surface area contributed by atoms with Gasteiger partial charge in [-0.05, 0) is 55.2 Å². The van der Waals surface area contributed by atoms with Crippen molar-refractivity contribution in [1.29, 1.82) is 0 Å². The summed E-state index contributed by atoms with van der Waals surface area (Å²) >= 11 is 0. The molecule has 0 aromatic heterocycles. The van der Waals surface area contributed by atoms with Gasteiger partial charge in [0.1, 0.15) is 0 Å². The van der Waals surface area contributed by atoms with Crippen LogP contribution in [0.4, 0.5) is 0 Å². The zero-order chi connectivity index (χ0) is 12.5. The molecule has 0 atom stereocenters. The molecule has 0 fully saturated rings. The van der Waals surface area contributed by atoms with E-state index in [1.165, 1.54) is 44.1 Å². The van der Waals surface area contributed by atoms with Crippen LogP contribution < -0.4 is 0 Å². The molecule has 0 spiro atoms. The van der Waals surface area contributed by atoms with Gasteiger partial charge in [0.15, 0.2) is 0 Å². The van der Waals surface area contributed by atoms with Crippen molar-refractivity contribution >= 4 is 0 Å². The van der Waals surface area contributed by atoms with Gasteiger partial charge < -0.3 is 0 Å². The van der Waals surface area contributed by atoms with Crippen molar-refractivity contribution in [2.24, 2.45) is 0 Å². The van der Waals surface area contributed by atoms with E-state index >= 15 is 0 Å². The third-order valence-corrected chi connectivity index (χ3v) is 3.29. The molecule has 1 aromatic rings. The maximum atomic E-state index is 2.41. The lowest BCUT2D eigenvalue weighted by Crippen LogP contribution is -1.99. The van der Waals surface area contributed by atoms with Crippen LogP contribution in [0.15, 0.2) is 18.2 Å². The molecule has 95 valence electrons. The summed E-state index contributed by atoms with van der Waals surface area (Å²) in [7, 11) is 0. The number of hydrogen-bond acceptors (Lipinski definition) is 0. The molecule has 0 N–H and O–H groups in total. The smallest absolute Gasteiger partial charge is 0.00901 e. The Kier molecular flexibility index (Phi) is 7.00. The van der Waals surface area contributed by atoms with Crippen LogP contribution in [-0.4, -0.2) is 0 Å². The zero-order valence-corrected chi connectivity index (χ0v) is 11.8. The number of benzene rings is 1. The first-order valence-corrected chi connectivity index (χ1v) is 7.27. The van der Waals surface area contributed by atoms with Crippen molar-refractivity contribution in [1.82, 2.24) is 0 Å². The third-order valence-electron chi connectivity index (χ3n) is 3.29. The van der Waals surface area contributed by atoms with Crippen LogP contribution in [0.1, 0.15) is 69.6 Å². The van der Waals surface area contributed by atoms with Crippen molar-refractivity contribution in [2.75, 3.05) is 0 Å². The van der Waals surface area contributed by atoms with Gasteiger partial charge in [-0.25, -0.2) is 0 Å². The van der Waals surface area contributed by atoms with Gasteiger partial charge in [0.05, 0.1) is 0 Å². The van der Waals surface area contributed by atoms with Crippen LogP contribution in [0.3, 0.4) is 0 Å². The summed E-state index contributed by atoms with van der Waals surface area (Å²) in [4.78, 5) is 0. The van der Waals surface area contributed by atoms with E-state index in [0.29, 0.717) is 0 Å². The second-order valence-corrected chi connectivity index (χ2v) is 4.81. The van der Waals surface area contributed by atoms with E-state index < -0.39 is 0 Å². The highest BCUT2D eigenvalue weighted by Gasteiger charge is 2.07. The molecular formula is C17H27. The second-order valence-electron chi connectivity index (χ2n) is 4.81. The lowest BCUT2D eigenvalue weighted by Gasteiger charge is -2.14. The Morgan fingerprint density at radius 1 is 0.882 bits per heavy atom. The molecule has 0 aliphatic carbocycles. The quantitative estimate of drug-likeness (QED) is 0.567. The lowest BCUT2D eigenvalue weighted by molar-refractivity contribution is 0.772. The van der Waals surface area contributed by atoms with Gasteiger partial charge >= 0.3 is 0 Å². The highest BCUT2D eigenvalue weighted by atomic mass is 14.1. The maximum Gasteiger partial charge on any atom is -0.00901 e. The van der Waals surface area contributed by atoms with E-state index in [-0.39, 0.29) is 0 Å². The topological polar surface area (TPSA) is 0 Å². The molecule has 1 aromatic carbocycles. The molecular weight excluding hydrogens is 204 g/mol. The highest BCUT2D eigenvalue weighted by molar-refractivity contribution is 5.40. The highest BCUT2D eigenvalue weighted by Crippen LogP contribution is 2.22. The summed E-state index contributed by atoms with van der Waals surface area (Å²) in [5.74, 6) is 0. The van der Waals surface area contributed by atoms with Crippen molar-refractivity contribution < 1.29 is 0 Å². The summed E-state index contributed by atoms with van der Waals surface area (Å²) in [5, 5.41) is 0. The Morgan fingerprint density at radius 2 is 1.41 bits per heavy atom. The fraction of sp³-hybridized carbons (Fsp3) is 0.588. The number of rotatable bonds is 8. The Labute approximate surface area is 107 Å². The summed E-state index contributed by atoms with van der Waals surface area (Å²) in [5.41, 5.74) is 4.65. The fourth-order valence-corrected chi connectivity index (χ4v) is 2.30. The summed E-state index contributed by atoms with van der Waals surface area (Å²) < 4.78 is 0. The zero-order valence-electron chi connectivity index (χ0n) is 11.8. The molecule has 17 heavy (non-hydrogen) atoms. The number of unbranched alkanes of at least 4 members (excludes halogenated alkanes) is 2. The average molecular weight is 231 g/mol. The van der Waals surface area contributed by atoms with Crippen molar-refractivity contribution in [3.63, 3.8) is 0 Å². The number of hydrogen-bond donors (Lipinski definition) is 0. The van der Waals surface area contributed by atoms with Gasteiger partial charge in [0.25, 0.3) is 0 Å². The minimum Gasteiger partial charge on any atom is -0.0654 e. The minimum absolute atomic E-state index is 1.14. The van der Waals surface area contributed by atoms with E-state index in [1.807, 2.05) is 0 Å². The Hall–Kier alpha value is -0.780. The molecule has 0 heteroatoms. The van der Waals surface area contributed by atoms with Crippen LogP contribution in [0.5, 0.6) is 0 Å². The van der Waals surface area contributed by atoms with Crippen LogP contribution >= 0.6 is 0 Å². The van der Waals surface area contributed by atoms with E-state index in [9.17, 15) is 0 Å². The maximum absolute atomic E-state index is 2.41. The van der Waals surface area contributed by atoms with Gasteiger partial charge in [-0.1, -0.05) is 51.8 Å². The molecule has 0 unspecified atom stereocenters. The summed E-state index contributed by atoms with van der Waals surface area (Å²) in [6, 6.07) is 6.86. The van der Waals surface area contributed by atoms with E-state index in [1.54, 1.807) is 11.1 Å². The Bertz CT molecular complexity index is 286. The molecule has 0 saturated carbocycles. The van der Waals surface area contributed by atoms with Gasteiger partial charge in [-0.15, -0.1) is 0 Å². The van der Waals surface area contributed by atoms with Gasteiger partial charge in [0, 0.05) is 0 Å². The largest absolute Gasteiger partial charge is 0.0654 e. The van der Waals surface area contributed by atoms with Gasteiger partial charge in [-0.2, -0.15) is 0 Å².